The average Bonchev–Trinajstić information content (AvgIpc) is 2.01. The van der Waals surface area contributed by atoms with Crippen molar-refractivity contribution in [3.63, 3.8) is 0 Å². The number of rotatable bonds is 4. The Balaban J connectivity index is 4.69. The van der Waals surface area contributed by atoms with E-state index in [9.17, 15) is 4.79 Å². The molecule has 0 amide bonds. The second-order valence-electron chi connectivity index (χ2n) is 4.60. The average molecular weight is 214 g/mol. The lowest BCUT2D eigenvalue weighted by Gasteiger charge is -2.29. The summed E-state index contributed by atoms with van der Waals surface area (Å²) in [5.41, 5.74) is 1.29. The van der Waals surface area contributed by atoms with Crippen LogP contribution in [0.4, 0.5) is 0 Å². The number of allylic oxidation sites excluding steroid dienone is 2. The van der Waals surface area contributed by atoms with Crippen molar-refractivity contribution < 1.29 is 9.22 Å². The van der Waals surface area contributed by atoms with Crippen LogP contribution in [0.5, 0.6) is 0 Å². The lowest BCUT2D eigenvalue weighted by Crippen LogP contribution is -2.33. The second-order valence-corrected chi connectivity index (χ2v) is 9.16. The van der Waals surface area contributed by atoms with Crippen LogP contribution in [0.25, 0.3) is 0 Å². The number of hydrogen-bond donors (Lipinski definition) is 0. The molecule has 0 aromatic heterocycles. The smallest absolute Gasteiger partial charge is 0.247 e. The van der Waals surface area contributed by atoms with Gasteiger partial charge in [-0.05, 0) is 39.4 Å². The summed E-state index contributed by atoms with van der Waals surface area (Å²) in [6, 6.07) is 0. The van der Waals surface area contributed by atoms with E-state index in [0.29, 0.717) is 5.54 Å². The molecule has 0 spiro atoms. The molecule has 0 bridgehead atoms. The Hall–Kier alpha value is -0.573. The lowest BCUT2D eigenvalue weighted by molar-refractivity contribution is -0.113. The SMILES string of the molecule is CC(=O)C(C)=C(C)O[Si](C)(C)C(C)C. The Morgan fingerprint density at radius 2 is 1.57 bits per heavy atom. The van der Waals surface area contributed by atoms with Crippen LogP contribution in [0.15, 0.2) is 11.3 Å². The summed E-state index contributed by atoms with van der Waals surface area (Å²) < 4.78 is 5.92. The van der Waals surface area contributed by atoms with Gasteiger partial charge in [-0.2, -0.15) is 0 Å². The van der Waals surface area contributed by atoms with E-state index >= 15 is 0 Å². The van der Waals surface area contributed by atoms with Gasteiger partial charge in [0.25, 0.3) is 0 Å². The van der Waals surface area contributed by atoms with Crippen LogP contribution in [0.1, 0.15) is 34.6 Å². The molecule has 0 fully saturated rings. The minimum atomic E-state index is -1.66. The summed E-state index contributed by atoms with van der Waals surface area (Å²) >= 11 is 0. The quantitative estimate of drug-likeness (QED) is 0.407. The number of hydrogen-bond acceptors (Lipinski definition) is 2. The fraction of sp³-hybridized carbons (Fsp3) is 0.727. The molecular formula is C11H22O2Si. The molecule has 0 unspecified atom stereocenters. The van der Waals surface area contributed by atoms with Crippen molar-refractivity contribution in [3.05, 3.63) is 11.3 Å². The Morgan fingerprint density at radius 3 is 1.86 bits per heavy atom. The van der Waals surface area contributed by atoms with Gasteiger partial charge in [0.05, 0.1) is 5.76 Å². The highest BCUT2D eigenvalue weighted by atomic mass is 28.4. The zero-order valence-corrected chi connectivity index (χ0v) is 11.4. The fourth-order valence-corrected chi connectivity index (χ4v) is 2.01. The molecule has 0 rings (SSSR count). The van der Waals surface area contributed by atoms with Crippen molar-refractivity contribution in [2.75, 3.05) is 0 Å². The zero-order chi connectivity index (χ0) is 11.5. The van der Waals surface area contributed by atoms with Crippen molar-refractivity contribution in [2.24, 2.45) is 0 Å². The Morgan fingerprint density at radius 1 is 1.14 bits per heavy atom. The molecule has 0 aromatic carbocycles. The predicted molar refractivity (Wildman–Crippen MR) is 62.7 cm³/mol. The van der Waals surface area contributed by atoms with Gasteiger partial charge in [-0.1, -0.05) is 13.8 Å². The van der Waals surface area contributed by atoms with Gasteiger partial charge < -0.3 is 4.43 Å². The molecule has 0 aliphatic rings. The van der Waals surface area contributed by atoms with E-state index < -0.39 is 8.32 Å². The molecule has 0 radical (unpaired) electrons. The summed E-state index contributed by atoms with van der Waals surface area (Å²) in [7, 11) is -1.66. The molecule has 82 valence electrons. The summed E-state index contributed by atoms with van der Waals surface area (Å²) in [6.07, 6.45) is 0. The van der Waals surface area contributed by atoms with E-state index in [1.165, 1.54) is 0 Å². The summed E-state index contributed by atoms with van der Waals surface area (Å²) in [5.74, 6) is 0.888. The minimum absolute atomic E-state index is 0.0936. The Bertz CT molecular complexity index is 252. The van der Waals surface area contributed by atoms with Gasteiger partial charge in [-0.15, -0.1) is 0 Å². The fourth-order valence-electron chi connectivity index (χ4n) is 0.837. The lowest BCUT2D eigenvalue weighted by atomic mass is 10.2. The molecule has 0 heterocycles. The van der Waals surface area contributed by atoms with Gasteiger partial charge >= 0.3 is 0 Å². The van der Waals surface area contributed by atoms with E-state index in [4.69, 9.17) is 4.43 Å². The van der Waals surface area contributed by atoms with Crippen molar-refractivity contribution >= 4 is 14.1 Å². The molecule has 3 heteroatoms. The minimum Gasteiger partial charge on any atom is -0.547 e. The molecule has 0 aromatic rings. The van der Waals surface area contributed by atoms with Gasteiger partial charge in [-0.3, -0.25) is 4.79 Å². The van der Waals surface area contributed by atoms with Crippen LogP contribution in [-0.2, 0) is 9.22 Å². The molecule has 0 aliphatic carbocycles. The Labute approximate surface area is 88.5 Å². The first-order valence-electron chi connectivity index (χ1n) is 5.06. The standard InChI is InChI=1S/C11H22O2Si/c1-8(2)14(6,7)13-11(5)9(3)10(4)12/h8H,1-7H3. The van der Waals surface area contributed by atoms with Gasteiger partial charge in [0.1, 0.15) is 0 Å². The molecular weight excluding hydrogens is 192 g/mol. The van der Waals surface area contributed by atoms with E-state index in [2.05, 4.69) is 26.9 Å². The molecule has 14 heavy (non-hydrogen) atoms. The van der Waals surface area contributed by atoms with Crippen LogP contribution in [0, 0.1) is 0 Å². The molecule has 0 atom stereocenters. The van der Waals surface area contributed by atoms with Crippen LogP contribution in [0.2, 0.25) is 18.6 Å². The van der Waals surface area contributed by atoms with Crippen molar-refractivity contribution in [1.29, 1.82) is 0 Å². The third-order valence-corrected chi connectivity index (χ3v) is 6.48. The number of carbonyl (C=O) groups excluding carboxylic acids is 1. The highest BCUT2D eigenvalue weighted by Crippen LogP contribution is 2.25. The van der Waals surface area contributed by atoms with Crippen molar-refractivity contribution in [1.82, 2.24) is 0 Å². The summed E-state index contributed by atoms with van der Waals surface area (Å²) in [6.45, 7) is 14.0. The maximum absolute atomic E-state index is 11.1. The largest absolute Gasteiger partial charge is 0.547 e. The normalized spacial score (nSPS) is 14.0. The zero-order valence-electron chi connectivity index (χ0n) is 10.4. The second kappa shape index (κ2) is 4.78. The van der Waals surface area contributed by atoms with E-state index in [1.54, 1.807) is 6.92 Å². The third-order valence-electron chi connectivity index (χ3n) is 2.86. The van der Waals surface area contributed by atoms with Crippen molar-refractivity contribution in [3.8, 4) is 0 Å². The Kier molecular flexibility index (Phi) is 4.58. The molecule has 0 aliphatic heterocycles. The summed E-state index contributed by atoms with van der Waals surface area (Å²) in [4.78, 5) is 11.1. The highest BCUT2D eigenvalue weighted by molar-refractivity contribution is 6.72. The third kappa shape index (κ3) is 3.66. The van der Waals surface area contributed by atoms with Gasteiger partial charge in [0.2, 0.25) is 8.32 Å². The van der Waals surface area contributed by atoms with E-state index in [0.717, 1.165) is 11.3 Å². The van der Waals surface area contributed by atoms with E-state index in [-0.39, 0.29) is 5.78 Å². The topological polar surface area (TPSA) is 26.3 Å². The van der Waals surface area contributed by atoms with Gasteiger partial charge in [-0.25, -0.2) is 0 Å². The van der Waals surface area contributed by atoms with E-state index in [1.807, 2.05) is 13.8 Å². The maximum Gasteiger partial charge on any atom is 0.247 e. The maximum atomic E-state index is 11.1. The first-order valence-corrected chi connectivity index (χ1v) is 8.04. The van der Waals surface area contributed by atoms with Crippen LogP contribution in [-0.4, -0.2) is 14.1 Å². The highest BCUT2D eigenvalue weighted by Gasteiger charge is 2.29. The number of carbonyl (C=O) groups is 1. The molecule has 0 N–H and O–H groups in total. The molecule has 2 nitrogen and oxygen atoms in total. The number of ketones is 1. The van der Waals surface area contributed by atoms with Crippen molar-refractivity contribution in [2.45, 2.75) is 53.3 Å². The first kappa shape index (κ1) is 13.4. The predicted octanol–water partition coefficient (Wildman–Crippen LogP) is 3.50. The van der Waals surface area contributed by atoms with Crippen LogP contribution >= 0.6 is 0 Å². The van der Waals surface area contributed by atoms with Gasteiger partial charge in [0, 0.05) is 5.57 Å². The monoisotopic (exact) mass is 214 g/mol. The summed E-state index contributed by atoms with van der Waals surface area (Å²) in [5, 5.41) is 0. The molecule has 0 saturated heterocycles. The number of Topliss-reactive ketones (excluding diaryl/α,β-unsaturated/α-hetero) is 1. The van der Waals surface area contributed by atoms with Gasteiger partial charge in [0.15, 0.2) is 5.78 Å². The van der Waals surface area contributed by atoms with Crippen LogP contribution in [0.3, 0.4) is 0 Å². The molecule has 0 saturated carbocycles. The van der Waals surface area contributed by atoms with Crippen LogP contribution < -0.4 is 0 Å². The first-order chi connectivity index (χ1) is 6.18.